The molecule has 2 atom stereocenters. The minimum absolute atomic E-state index is 0.0270. The first-order valence-corrected chi connectivity index (χ1v) is 10.3. The second-order valence-corrected chi connectivity index (χ2v) is 9.56. The average molecular weight is 340 g/mol. The number of hydrogen-bond donors (Lipinski definition) is 0. The maximum absolute atomic E-state index is 12.6. The van der Waals surface area contributed by atoms with Crippen LogP contribution >= 0.6 is 11.3 Å². The summed E-state index contributed by atoms with van der Waals surface area (Å²) in [5, 5.41) is 2.06. The van der Waals surface area contributed by atoms with Crippen molar-refractivity contribution in [1.29, 1.82) is 0 Å². The zero-order valence-electron chi connectivity index (χ0n) is 12.4. The monoisotopic (exact) mass is 340 g/mol. The van der Waals surface area contributed by atoms with E-state index in [9.17, 15) is 13.2 Å². The van der Waals surface area contributed by atoms with Crippen LogP contribution in [-0.4, -0.2) is 48.4 Å². The van der Waals surface area contributed by atoms with Crippen LogP contribution in [0.1, 0.15) is 29.7 Å². The normalized spacial score (nSPS) is 30.3. The number of nitrogens with zero attached hydrogens (tertiary/aromatic N) is 2. The van der Waals surface area contributed by atoms with E-state index in [1.165, 1.54) is 14.7 Å². The quantitative estimate of drug-likeness (QED) is 0.819. The van der Waals surface area contributed by atoms with Gasteiger partial charge in [-0.1, -0.05) is 0 Å². The van der Waals surface area contributed by atoms with Gasteiger partial charge in [0.05, 0.1) is 12.3 Å². The summed E-state index contributed by atoms with van der Waals surface area (Å²) in [5.41, 5.74) is 1.21. The molecular weight excluding hydrogens is 320 g/mol. The molecule has 1 saturated carbocycles. The Morgan fingerprint density at radius 3 is 3.09 bits per heavy atom. The van der Waals surface area contributed by atoms with Gasteiger partial charge in [-0.3, -0.25) is 4.79 Å². The molecule has 1 aromatic rings. The molecule has 2 aliphatic heterocycles. The van der Waals surface area contributed by atoms with Crippen molar-refractivity contribution in [2.45, 2.75) is 38.3 Å². The van der Waals surface area contributed by atoms with Crippen molar-refractivity contribution >= 4 is 27.3 Å². The number of amides is 1. The van der Waals surface area contributed by atoms with E-state index < -0.39 is 10.0 Å². The van der Waals surface area contributed by atoms with E-state index in [2.05, 4.69) is 11.4 Å². The summed E-state index contributed by atoms with van der Waals surface area (Å²) in [5.74, 6) is 0.487. The van der Waals surface area contributed by atoms with Crippen LogP contribution in [0.3, 0.4) is 0 Å². The fraction of sp³-hybridized carbons (Fsp3) is 0.667. The molecule has 3 aliphatic rings. The minimum atomic E-state index is -3.25. The highest BCUT2D eigenvalue weighted by atomic mass is 32.2. The summed E-state index contributed by atoms with van der Waals surface area (Å²) < 4.78 is 26.2. The lowest BCUT2D eigenvalue weighted by atomic mass is 10.1. The first kappa shape index (κ1) is 14.7. The van der Waals surface area contributed by atoms with Gasteiger partial charge in [0.25, 0.3) is 0 Å². The Labute approximate surface area is 135 Å². The molecule has 0 spiro atoms. The molecule has 0 N–H and O–H groups in total. The molecule has 7 heteroatoms. The number of fused-ring (bicyclic) bond motifs is 3. The second-order valence-electron chi connectivity index (χ2n) is 6.59. The Morgan fingerprint density at radius 1 is 1.36 bits per heavy atom. The predicted octanol–water partition coefficient (Wildman–Crippen LogP) is 1.45. The highest BCUT2D eigenvalue weighted by molar-refractivity contribution is 7.89. The van der Waals surface area contributed by atoms with Crippen molar-refractivity contribution in [1.82, 2.24) is 9.21 Å². The summed E-state index contributed by atoms with van der Waals surface area (Å²) in [6.45, 7) is 1.35. The highest BCUT2D eigenvalue weighted by Gasteiger charge is 2.44. The lowest BCUT2D eigenvalue weighted by Gasteiger charge is -2.34. The minimum Gasteiger partial charge on any atom is -0.337 e. The van der Waals surface area contributed by atoms with Crippen LogP contribution in [0.15, 0.2) is 11.4 Å². The van der Waals surface area contributed by atoms with Gasteiger partial charge in [-0.05, 0) is 48.6 Å². The van der Waals surface area contributed by atoms with Crippen molar-refractivity contribution < 1.29 is 13.2 Å². The molecule has 1 aromatic heterocycles. The van der Waals surface area contributed by atoms with E-state index in [1.807, 2.05) is 4.90 Å². The number of hydrogen-bond acceptors (Lipinski definition) is 4. The first-order chi connectivity index (χ1) is 10.5. The number of carbonyl (C=O) groups excluding carboxylic acids is 1. The molecule has 1 aliphatic carbocycles. The van der Waals surface area contributed by atoms with Crippen molar-refractivity contribution in [3.8, 4) is 0 Å². The summed E-state index contributed by atoms with van der Waals surface area (Å²) in [6, 6.07) is 2.12. The van der Waals surface area contributed by atoms with Crippen LogP contribution in [0.4, 0.5) is 0 Å². The van der Waals surface area contributed by atoms with Crippen LogP contribution in [0.25, 0.3) is 0 Å². The average Bonchev–Trinajstić information content (AvgIpc) is 3.09. The van der Waals surface area contributed by atoms with E-state index >= 15 is 0 Å². The molecule has 2 fully saturated rings. The Bertz CT molecular complexity index is 697. The zero-order chi connectivity index (χ0) is 15.3. The molecule has 0 radical (unpaired) electrons. The van der Waals surface area contributed by atoms with Crippen LogP contribution in [0, 0.1) is 5.92 Å². The summed E-state index contributed by atoms with van der Waals surface area (Å²) >= 11 is 1.74. The van der Waals surface area contributed by atoms with E-state index in [-0.39, 0.29) is 24.2 Å². The summed E-state index contributed by atoms with van der Waals surface area (Å²) in [6.07, 6.45) is 3.71. The van der Waals surface area contributed by atoms with Crippen molar-refractivity contribution in [3.63, 3.8) is 0 Å². The molecule has 1 amide bonds. The first-order valence-electron chi connectivity index (χ1n) is 7.85. The van der Waals surface area contributed by atoms with Gasteiger partial charge in [0.15, 0.2) is 0 Å². The molecule has 5 nitrogen and oxygen atoms in total. The van der Waals surface area contributed by atoms with Gasteiger partial charge in [-0.2, -0.15) is 4.31 Å². The van der Waals surface area contributed by atoms with E-state index in [0.29, 0.717) is 19.0 Å². The number of carbonyl (C=O) groups is 1. The Balaban J connectivity index is 1.48. The van der Waals surface area contributed by atoms with Crippen LogP contribution in [0.5, 0.6) is 0 Å². The van der Waals surface area contributed by atoms with Gasteiger partial charge in [-0.15, -0.1) is 11.3 Å². The molecule has 3 heterocycles. The van der Waals surface area contributed by atoms with Gasteiger partial charge in [0, 0.05) is 24.0 Å². The number of rotatable bonds is 2. The second kappa shape index (κ2) is 5.32. The third-order valence-corrected chi connectivity index (χ3v) is 8.23. The molecule has 1 saturated heterocycles. The maximum Gasteiger partial charge on any atom is 0.238 e. The number of sulfonamides is 1. The molecule has 0 unspecified atom stereocenters. The topological polar surface area (TPSA) is 57.7 Å². The molecular formula is C15H20N2O3S2. The van der Waals surface area contributed by atoms with Crippen molar-refractivity contribution in [2.75, 3.05) is 18.8 Å². The predicted molar refractivity (Wildman–Crippen MR) is 85.1 cm³/mol. The Morgan fingerprint density at radius 2 is 2.23 bits per heavy atom. The lowest BCUT2D eigenvalue weighted by Crippen LogP contribution is -2.50. The smallest absolute Gasteiger partial charge is 0.238 e. The van der Waals surface area contributed by atoms with Crippen LogP contribution in [0.2, 0.25) is 0 Å². The lowest BCUT2D eigenvalue weighted by molar-refractivity contribution is -0.132. The highest BCUT2D eigenvalue weighted by Crippen LogP contribution is 2.37. The molecule has 22 heavy (non-hydrogen) atoms. The van der Waals surface area contributed by atoms with Gasteiger partial charge < -0.3 is 4.90 Å². The van der Waals surface area contributed by atoms with Crippen molar-refractivity contribution in [2.24, 2.45) is 5.92 Å². The fourth-order valence-electron chi connectivity index (χ4n) is 4.00. The van der Waals surface area contributed by atoms with E-state index in [4.69, 9.17) is 0 Å². The third kappa shape index (κ3) is 2.49. The van der Waals surface area contributed by atoms with Crippen LogP contribution in [-0.2, 0) is 27.8 Å². The van der Waals surface area contributed by atoms with Gasteiger partial charge in [-0.25, -0.2) is 8.42 Å². The summed E-state index contributed by atoms with van der Waals surface area (Å²) in [7, 11) is -3.25. The molecule has 120 valence electrons. The summed E-state index contributed by atoms with van der Waals surface area (Å²) in [4.78, 5) is 15.8. The molecule has 4 rings (SSSR count). The zero-order valence-corrected chi connectivity index (χ0v) is 14.0. The third-order valence-electron chi connectivity index (χ3n) is 5.18. The SMILES string of the molecule is O=C(CN1[C@@H]2CC[C@@H](C2)CS1(=O)=O)N1CCc2sccc2C1. The van der Waals surface area contributed by atoms with Crippen molar-refractivity contribution in [3.05, 3.63) is 21.9 Å². The van der Waals surface area contributed by atoms with E-state index in [1.54, 1.807) is 11.3 Å². The standard InChI is InChI=1S/C15H20N2O3S2/c18-15(16-5-3-14-12(8-16)4-6-21-14)9-17-13-2-1-11(7-13)10-22(17,19)20/h4,6,11,13H,1-3,5,7-10H2/t11-,13+/m0/s1. The Kier molecular flexibility index (Phi) is 3.54. The molecule has 2 bridgehead atoms. The van der Waals surface area contributed by atoms with Crippen LogP contribution < -0.4 is 0 Å². The number of thiophene rings is 1. The van der Waals surface area contributed by atoms with E-state index in [0.717, 1.165) is 25.7 Å². The molecule has 0 aromatic carbocycles. The van der Waals surface area contributed by atoms with Gasteiger partial charge >= 0.3 is 0 Å². The maximum atomic E-state index is 12.6. The fourth-order valence-corrected chi connectivity index (χ4v) is 6.94. The van der Waals surface area contributed by atoms with Gasteiger partial charge in [0.1, 0.15) is 0 Å². The Hall–Kier alpha value is -0.920. The van der Waals surface area contributed by atoms with Gasteiger partial charge in [0.2, 0.25) is 15.9 Å². The largest absolute Gasteiger partial charge is 0.337 e.